The van der Waals surface area contributed by atoms with Gasteiger partial charge in [0, 0.05) is 10.8 Å². The van der Waals surface area contributed by atoms with Gasteiger partial charge >= 0.3 is 0 Å². The average molecular weight is 765 g/mol. The van der Waals surface area contributed by atoms with Crippen LogP contribution in [0.25, 0.3) is 99.1 Å². The predicted octanol–water partition coefficient (Wildman–Crippen LogP) is 16.4. The van der Waals surface area contributed by atoms with Crippen molar-refractivity contribution in [1.82, 2.24) is 0 Å². The summed E-state index contributed by atoms with van der Waals surface area (Å²) in [6, 6.07) is 73.3. The highest BCUT2D eigenvalue weighted by molar-refractivity contribution is 6.16. The summed E-state index contributed by atoms with van der Waals surface area (Å²) < 4.78 is 0. The maximum Gasteiger partial charge on any atom is 0.0159 e. The first-order chi connectivity index (χ1) is 29.2. The van der Waals surface area contributed by atoms with Crippen molar-refractivity contribution in [3.05, 3.63) is 216 Å². The lowest BCUT2D eigenvalue weighted by Crippen LogP contribution is -2.14. The summed E-state index contributed by atoms with van der Waals surface area (Å²) in [7, 11) is 0. The second kappa shape index (κ2) is 12.7. The number of benzene rings is 10. The Bertz CT molecular complexity index is 3410. The number of rotatable bonds is 4. The molecule has 0 aliphatic heterocycles. The normalized spacial score (nSPS) is 14.3. The summed E-state index contributed by atoms with van der Waals surface area (Å²) >= 11 is 0. The van der Waals surface area contributed by atoms with Crippen molar-refractivity contribution in [1.29, 1.82) is 0 Å². The molecule has 2 aliphatic rings. The maximum atomic E-state index is 2.48. The highest BCUT2D eigenvalue weighted by Crippen LogP contribution is 2.52. The van der Waals surface area contributed by atoms with Gasteiger partial charge in [0.1, 0.15) is 0 Å². The van der Waals surface area contributed by atoms with Gasteiger partial charge in [0.25, 0.3) is 0 Å². The van der Waals surface area contributed by atoms with Gasteiger partial charge in [-0.15, -0.1) is 0 Å². The molecular weight excluding hydrogens is 721 g/mol. The van der Waals surface area contributed by atoms with E-state index in [1.54, 1.807) is 0 Å². The van der Waals surface area contributed by atoms with Crippen LogP contribution < -0.4 is 0 Å². The Balaban J connectivity index is 1.08. The van der Waals surface area contributed by atoms with E-state index in [0.717, 1.165) is 0 Å². The molecule has 0 heterocycles. The van der Waals surface area contributed by atoms with Crippen LogP contribution in [0.3, 0.4) is 0 Å². The van der Waals surface area contributed by atoms with Crippen LogP contribution in [0.2, 0.25) is 0 Å². The minimum Gasteiger partial charge on any atom is -0.0622 e. The van der Waals surface area contributed by atoms with E-state index >= 15 is 0 Å². The monoisotopic (exact) mass is 764 g/mol. The minimum atomic E-state index is -0.0936. The molecule has 0 fully saturated rings. The third-order valence-electron chi connectivity index (χ3n) is 14.0. The largest absolute Gasteiger partial charge is 0.0622 e. The molecule has 2 aliphatic carbocycles. The highest BCUT2D eigenvalue weighted by atomic mass is 14.4. The van der Waals surface area contributed by atoms with Gasteiger partial charge in [-0.3, -0.25) is 0 Å². The Hall–Kier alpha value is -7.02. The average Bonchev–Trinajstić information content (AvgIpc) is 3.67. The number of fused-ring (bicyclic) bond motifs is 10. The van der Waals surface area contributed by atoms with E-state index in [2.05, 4.69) is 222 Å². The van der Waals surface area contributed by atoms with E-state index in [1.807, 2.05) is 0 Å². The summed E-state index contributed by atoms with van der Waals surface area (Å²) in [6.45, 7) is 9.49. The fourth-order valence-electron chi connectivity index (χ4n) is 10.8. The quantitative estimate of drug-likeness (QED) is 0.157. The smallest absolute Gasteiger partial charge is 0.0159 e. The molecule has 0 nitrogen and oxygen atoms in total. The van der Waals surface area contributed by atoms with Gasteiger partial charge in [0.2, 0.25) is 0 Å². The Morgan fingerprint density at radius 2 is 0.683 bits per heavy atom. The van der Waals surface area contributed by atoms with Gasteiger partial charge in [-0.25, -0.2) is 0 Å². The molecule has 0 spiro atoms. The van der Waals surface area contributed by atoms with Crippen LogP contribution in [0.15, 0.2) is 194 Å². The second-order valence-corrected chi connectivity index (χ2v) is 18.1. The summed E-state index contributed by atoms with van der Waals surface area (Å²) in [5.74, 6) is 0. The molecule has 0 bridgehead atoms. The van der Waals surface area contributed by atoms with Gasteiger partial charge in [0.15, 0.2) is 0 Å². The molecular formula is C60H44. The van der Waals surface area contributed by atoms with E-state index < -0.39 is 0 Å². The van der Waals surface area contributed by atoms with Crippen LogP contribution in [0.1, 0.15) is 49.9 Å². The van der Waals surface area contributed by atoms with Crippen LogP contribution in [0, 0.1) is 0 Å². The van der Waals surface area contributed by atoms with E-state index in [4.69, 9.17) is 0 Å². The molecule has 0 atom stereocenters. The van der Waals surface area contributed by atoms with Gasteiger partial charge in [-0.05, 0) is 164 Å². The van der Waals surface area contributed by atoms with Crippen molar-refractivity contribution in [2.45, 2.75) is 38.5 Å². The Morgan fingerprint density at radius 1 is 0.233 bits per heavy atom. The molecule has 0 radical (unpaired) electrons. The lowest BCUT2D eigenvalue weighted by atomic mass is 9.81. The topological polar surface area (TPSA) is 0 Å². The first kappa shape index (κ1) is 35.0. The minimum absolute atomic E-state index is 0.0493. The van der Waals surface area contributed by atoms with Gasteiger partial charge in [-0.2, -0.15) is 0 Å². The van der Waals surface area contributed by atoms with Crippen molar-refractivity contribution >= 4 is 32.3 Å². The molecule has 60 heavy (non-hydrogen) atoms. The van der Waals surface area contributed by atoms with E-state index in [0.29, 0.717) is 0 Å². The first-order valence-corrected chi connectivity index (χ1v) is 21.3. The fourth-order valence-corrected chi connectivity index (χ4v) is 10.8. The van der Waals surface area contributed by atoms with Crippen LogP contribution in [-0.4, -0.2) is 0 Å². The third-order valence-corrected chi connectivity index (χ3v) is 14.0. The Labute approximate surface area is 352 Å². The maximum absolute atomic E-state index is 2.48. The standard InChI is InChI=1S/C60H44/c1-59(2)55-20-12-10-18-47(55)49-28-23-41(35-57(49)59)40-22-26-45-44(30-40)34-53(43-25-29-50-48-19-11-13-21-56(48)60(3,4)58(50)36-43)54-33-42(24-27-46(45)54)52-32-39-17-9-8-16-38(39)31-51(52)37-14-6-5-7-15-37/h5-36H,1-4H3. The number of hydrogen-bond donors (Lipinski definition) is 0. The fraction of sp³-hybridized carbons (Fsp3) is 0.100. The molecule has 0 saturated heterocycles. The van der Waals surface area contributed by atoms with Crippen molar-refractivity contribution in [2.24, 2.45) is 0 Å². The molecule has 0 aromatic heterocycles. The zero-order valence-corrected chi connectivity index (χ0v) is 34.5. The SMILES string of the molecule is CC1(C)c2ccccc2-c2ccc(-c3ccc4c(c3)cc(-c3ccc5c(c3)C(C)(C)c3ccccc3-5)c3cc(-c5cc6ccccc6cc5-c5ccccc5)ccc34)cc21. The van der Waals surface area contributed by atoms with E-state index in [-0.39, 0.29) is 10.8 Å². The molecule has 10 aromatic carbocycles. The molecule has 284 valence electrons. The van der Waals surface area contributed by atoms with E-state index in [9.17, 15) is 0 Å². The van der Waals surface area contributed by atoms with Crippen molar-refractivity contribution in [3.8, 4) is 66.8 Å². The van der Waals surface area contributed by atoms with Crippen molar-refractivity contribution < 1.29 is 0 Å². The summed E-state index contributed by atoms with van der Waals surface area (Å²) in [4.78, 5) is 0. The molecule has 12 rings (SSSR count). The summed E-state index contributed by atoms with van der Waals surface area (Å²) in [6.07, 6.45) is 0. The van der Waals surface area contributed by atoms with Crippen LogP contribution in [-0.2, 0) is 10.8 Å². The first-order valence-electron chi connectivity index (χ1n) is 21.3. The summed E-state index contributed by atoms with van der Waals surface area (Å²) in [5, 5.41) is 7.57. The highest BCUT2D eigenvalue weighted by Gasteiger charge is 2.36. The van der Waals surface area contributed by atoms with E-state index in [1.165, 1.54) is 121 Å². The van der Waals surface area contributed by atoms with Crippen molar-refractivity contribution in [2.75, 3.05) is 0 Å². The number of hydrogen-bond acceptors (Lipinski definition) is 0. The lowest BCUT2D eigenvalue weighted by molar-refractivity contribution is 0.660. The summed E-state index contributed by atoms with van der Waals surface area (Å²) in [5.41, 5.74) is 20.8. The zero-order valence-electron chi connectivity index (χ0n) is 34.5. The Morgan fingerprint density at radius 3 is 1.35 bits per heavy atom. The third kappa shape index (κ3) is 5.10. The van der Waals surface area contributed by atoms with Gasteiger partial charge < -0.3 is 0 Å². The molecule has 0 heteroatoms. The lowest BCUT2D eigenvalue weighted by Gasteiger charge is -2.22. The molecule has 0 N–H and O–H groups in total. The van der Waals surface area contributed by atoms with Crippen LogP contribution >= 0.6 is 0 Å². The molecule has 10 aromatic rings. The molecule has 0 amide bonds. The van der Waals surface area contributed by atoms with Crippen LogP contribution in [0.5, 0.6) is 0 Å². The second-order valence-electron chi connectivity index (χ2n) is 18.1. The molecule has 0 saturated carbocycles. The Kier molecular flexibility index (Phi) is 7.42. The molecule has 0 unspecified atom stereocenters. The van der Waals surface area contributed by atoms with Crippen molar-refractivity contribution in [3.63, 3.8) is 0 Å². The van der Waals surface area contributed by atoms with Gasteiger partial charge in [-0.1, -0.05) is 179 Å². The predicted molar refractivity (Wildman–Crippen MR) is 256 cm³/mol. The zero-order chi connectivity index (χ0) is 40.3. The van der Waals surface area contributed by atoms with Crippen LogP contribution in [0.4, 0.5) is 0 Å². The van der Waals surface area contributed by atoms with Gasteiger partial charge in [0.05, 0.1) is 0 Å².